The maximum absolute atomic E-state index is 12.2. The zero-order valence-electron chi connectivity index (χ0n) is 14.6. The molecule has 1 aliphatic carbocycles. The van der Waals surface area contributed by atoms with Crippen LogP contribution in [-0.4, -0.2) is 17.6 Å². The first kappa shape index (κ1) is 16.8. The molecule has 132 valence electrons. The molecule has 0 radical (unpaired) electrons. The van der Waals surface area contributed by atoms with Gasteiger partial charge in [0.2, 0.25) is 0 Å². The molecule has 0 fully saturated rings. The summed E-state index contributed by atoms with van der Waals surface area (Å²) in [6, 6.07) is 10.2. The Kier molecular flexibility index (Phi) is 4.47. The second kappa shape index (κ2) is 6.92. The van der Waals surface area contributed by atoms with Gasteiger partial charge in [0.25, 0.3) is 0 Å². The summed E-state index contributed by atoms with van der Waals surface area (Å²) in [6.07, 6.45) is 7.28. The van der Waals surface area contributed by atoms with E-state index in [9.17, 15) is 4.79 Å². The van der Waals surface area contributed by atoms with Crippen LogP contribution >= 0.6 is 11.3 Å². The number of esters is 1. The molecule has 0 unspecified atom stereocenters. The minimum atomic E-state index is -0.369. The van der Waals surface area contributed by atoms with Crippen LogP contribution in [0, 0.1) is 0 Å². The fourth-order valence-corrected chi connectivity index (χ4v) is 4.49. The Hall–Kier alpha value is -2.66. The zero-order valence-corrected chi connectivity index (χ0v) is 15.4. The number of hydrogen-bond acceptors (Lipinski definition) is 5. The molecule has 5 heteroatoms. The van der Waals surface area contributed by atoms with Crippen molar-refractivity contribution >= 4 is 45.4 Å². The van der Waals surface area contributed by atoms with Gasteiger partial charge in [-0.25, -0.2) is 9.78 Å². The molecule has 0 saturated carbocycles. The Bertz CT molecular complexity index is 1010. The minimum Gasteiger partial charge on any atom is -0.462 e. The number of ether oxygens (including phenoxy) is 1. The van der Waals surface area contributed by atoms with Gasteiger partial charge in [-0.3, -0.25) is 0 Å². The average Bonchev–Trinajstić information content (AvgIpc) is 3.24. The van der Waals surface area contributed by atoms with Gasteiger partial charge < -0.3 is 10.5 Å². The van der Waals surface area contributed by atoms with Crippen LogP contribution in [0.1, 0.15) is 45.4 Å². The monoisotopic (exact) mass is 364 g/mol. The number of carbonyl (C=O) groups is 1. The van der Waals surface area contributed by atoms with Gasteiger partial charge in [-0.05, 0) is 42.9 Å². The summed E-state index contributed by atoms with van der Waals surface area (Å²) in [5.74, 6) is -0.369. The normalized spacial score (nSPS) is 13.4. The Morgan fingerprint density at radius 2 is 2.08 bits per heavy atom. The Morgan fingerprint density at radius 3 is 2.85 bits per heavy atom. The van der Waals surface area contributed by atoms with Gasteiger partial charge in [-0.2, -0.15) is 0 Å². The van der Waals surface area contributed by atoms with E-state index in [4.69, 9.17) is 15.5 Å². The highest BCUT2D eigenvalue weighted by molar-refractivity contribution is 7.21. The molecule has 2 heterocycles. The lowest BCUT2D eigenvalue weighted by Gasteiger charge is -2.07. The SMILES string of the molecule is CCOC(=O)c1sc2nc3c(c(C=Cc4ccccc4)c2c1N)CCC3. The number of aromatic nitrogens is 1. The number of anilines is 1. The summed E-state index contributed by atoms with van der Waals surface area (Å²) in [5, 5.41) is 0.880. The van der Waals surface area contributed by atoms with Gasteiger partial charge in [-0.1, -0.05) is 42.5 Å². The van der Waals surface area contributed by atoms with Crippen molar-refractivity contribution in [1.82, 2.24) is 4.98 Å². The average molecular weight is 364 g/mol. The van der Waals surface area contributed by atoms with Gasteiger partial charge in [0.15, 0.2) is 0 Å². The quantitative estimate of drug-likeness (QED) is 0.681. The molecule has 4 rings (SSSR count). The molecule has 0 aliphatic heterocycles. The Balaban J connectivity index is 1.89. The molecule has 0 atom stereocenters. The number of benzene rings is 1. The van der Waals surface area contributed by atoms with Crippen molar-refractivity contribution in [2.24, 2.45) is 0 Å². The lowest BCUT2D eigenvalue weighted by atomic mass is 10.0. The Labute approximate surface area is 156 Å². The summed E-state index contributed by atoms with van der Waals surface area (Å²) in [4.78, 5) is 18.3. The lowest BCUT2D eigenvalue weighted by molar-refractivity contribution is 0.0533. The number of fused-ring (bicyclic) bond motifs is 2. The predicted octanol–water partition coefficient (Wildman–Crippen LogP) is 4.71. The van der Waals surface area contributed by atoms with Gasteiger partial charge in [-0.15, -0.1) is 11.3 Å². The minimum absolute atomic E-state index is 0.331. The van der Waals surface area contributed by atoms with Crippen molar-refractivity contribution in [3.8, 4) is 0 Å². The van der Waals surface area contributed by atoms with Crippen LogP contribution in [-0.2, 0) is 17.6 Å². The smallest absolute Gasteiger partial charge is 0.350 e. The van der Waals surface area contributed by atoms with Crippen molar-refractivity contribution in [1.29, 1.82) is 0 Å². The van der Waals surface area contributed by atoms with Crippen molar-refractivity contribution in [2.75, 3.05) is 12.3 Å². The predicted molar refractivity (Wildman–Crippen MR) is 107 cm³/mol. The third kappa shape index (κ3) is 2.88. The lowest BCUT2D eigenvalue weighted by Crippen LogP contribution is -2.05. The van der Waals surface area contributed by atoms with Crippen molar-refractivity contribution < 1.29 is 9.53 Å². The Morgan fingerprint density at radius 1 is 1.27 bits per heavy atom. The topological polar surface area (TPSA) is 65.2 Å². The number of rotatable bonds is 4. The molecule has 4 nitrogen and oxygen atoms in total. The van der Waals surface area contributed by atoms with Crippen LogP contribution < -0.4 is 5.73 Å². The summed E-state index contributed by atoms with van der Waals surface area (Å²) >= 11 is 1.33. The van der Waals surface area contributed by atoms with Crippen molar-refractivity contribution in [3.05, 3.63) is 57.6 Å². The molecule has 2 aromatic heterocycles. The first-order valence-corrected chi connectivity index (χ1v) is 9.64. The van der Waals surface area contributed by atoms with Crippen LogP contribution in [0.15, 0.2) is 30.3 Å². The third-order valence-electron chi connectivity index (χ3n) is 4.65. The number of hydrogen-bond donors (Lipinski definition) is 1. The molecule has 3 aromatic rings. The van der Waals surface area contributed by atoms with Gasteiger partial charge in [0.05, 0.1) is 12.3 Å². The van der Waals surface area contributed by atoms with Crippen LogP contribution in [0.5, 0.6) is 0 Å². The van der Waals surface area contributed by atoms with E-state index in [-0.39, 0.29) is 5.97 Å². The molecule has 0 saturated heterocycles. The van der Waals surface area contributed by atoms with E-state index < -0.39 is 0 Å². The molecular weight excluding hydrogens is 344 g/mol. The molecule has 0 bridgehead atoms. The van der Waals surface area contributed by atoms with Crippen molar-refractivity contribution in [2.45, 2.75) is 26.2 Å². The van der Waals surface area contributed by atoms with Crippen LogP contribution in [0.2, 0.25) is 0 Å². The van der Waals surface area contributed by atoms with E-state index in [0.29, 0.717) is 17.2 Å². The molecule has 0 spiro atoms. The van der Waals surface area contributed by atoms with E-state index >= 15 is 0 Å². The number of carbonyl (C=O) groups excluding carboxylic acids is 1. The first-order chi connectivity index (χ1) is 12.7. The fraction of sp³-hybridized carbons (Fsp3) is 0.238. The standard InChI is InChI=1S/C21H20N2O2S/c1-2-25-21(24)19-18(22)17-15(12-11-13-7-4-3-5-8-13)14-9-6-10-16(14)23-20(17)26-19/h3-5,7-8,11-12H,2,6,9-10,22H2,1H3. The molecule has 1 aliphatic rings. The van der Waals surface area contributed by atoms with Gasteiger partial charge in [0, 0.05) is 11.1 Å². The van der Waals surface area contributed by atoms with Crippen molar-refractivity contribution in [3.63, 3.8) is 0 Å². The highest BCUT2D eigenvalue weighted by atomic mass is 32.1. The maximum Gasteiger partial charge on any atom is 0.350 e. The fourth-order valence-electron chi connectivity index (χ4n) is 3.46. The molecular formula is C21H20N2O2S. The summed E-state index contributed by atoms with van der Waals surface area (Å²) < 4.78 is 5.15. The highest BCUT2D eigenvalue weighted by Crippen LogP contribution is 2.40. The number of nitrogens with zero attached hydrogens (tertiary/aromatic N) is 1. The summed E-state index contributed by atoms with van der Waals surface area (Å²) in [5.41, 5.74) is 11.5. The molecule has 26 heavy (non-hydrogen) atoms. The summed E-state index contributed by atoms with van der Waals surface area (Å²) in [6.45, 7) is 2.12. The van der Waals surface area contributed by atoms with E-state index in [1.54, 1.807) is 6.92 Å². The molecule has 0 amide bonds. The largest absolute Gasteiger partial charge is 0.462 e. The third-order valence-corrected chi connectivity index (χ3v) is 5.73. The van der Waals surface area contributed by atoms with E-state index in [1.807, 2.05) is 18.2 Å². The van der Waals surface area contributed by atoms with E-state index in [1.165, 1.54) is 16.9 Å². The summed E-state index contributed by atoms with van der Waals surface area (Å²) in [7, 11) is 0. The molecule has 1 aromatic carbocycles. The van der Waals surface area contributed by atoms with Crippen LogP contribution in [0.25, 0.3) is 22.4 Å². The highest BCUT2D eigenvalue weighted by Gasteiger charge is 2.25. The van der Waals surface area contributed by atoms with E-state index in [0.717, 1.165) is 46.3 Å². The number of pyridine rings is 1. The number of nitrogen functional groups attached to an aromatic ring is 1. The number of aryl methyl sites for hydroxylation is 1. The van der Waals surface area contributed by atoms with Gasteiger partial charge in [0.1, 0.15) is 9.71 Å². The van der Waals surface area contributed by atoms with E-state index in [2.05, 4.69) is 24.3 Å². The van der Waals surface area contributed by atoms with Gasteiger partial charge >= 0.3 is 5.97 Å². The first-order valence-electron chi connectivity index (χ1n) is 8.83. The van der Waals surface area contributed by atoms with Crippen LogP contribution in [0.4, 0.5) is 5.69 Å². The number of thiophene rings is 1. The maximum atomic E-state index is 12.2. The molecule has 2 N–H and O–H groups in total. The second-order valence-corrected chi connectivity index (χ2v) is 7.29. The number of nitrogens with two attached hydrogens (primary N) is 1. The van der Waals surface area contributed by atoms with Crippen LogP contribution in [0.3, 0.4) is 0 Å². The second-order valence-electron chi connectivity index (χ2n) is 6.29. The zero-order chi connectivity index (χ0) is 18.1.